The molecule has 1 heterocycles. The second-order valence-corrected chi connectivity index (χ2v) is 10.8. The van der Waals surface area contributed by atoms with Crippen molar-refractivity contribution < 1.29 is 27.5 Å². The molecule has 0 atom stereocenters. The van der Waals surface area contributed by atoms with E-state index in [-0.39, 0.29) is 51.4 Å². The lowest BCUT2D eigenvalue weighted by Crippen LogP contribution is -2.24. The van der Waals surface area contributed by atoms with E-state index in [1.165, 1.54) is 24.3 Å². The minimum absolute atomic E-state index is 0.0295. The van der Waals surface area contributed by atoms with Crippen LogP contribution in [-0.4, -0.2) is 34.4 Å². The molecule has 0 unspecified atom stereocenters. The Bertz CT molecular complexity index is 1690. The van der Waals surface area contributed by atoms with Crippen molar-refractivity contribution in [3.05, 3.63) is 74.5 Å². The van der Waals surface area contributed by atoms with Gasteiger partial charge in [-0.25, -0.2) is 18.2 Å². The van der Waals surface area contributed by atoms with Gasteiger partial charge in [0.2, 0.25) is 11.9 Å². The molecule has 8 nitrogen and oxygen atoms in total. The zero-order valence-corrected chi connectivity index (χ0v) is 24.2. The molecule has 1 fully saturated rings. The van der Waals surface area contributed by atoms with Crippen LogP contribution in [0.15, 0.2) is 42.5 Å². The van der Waals surface area contributed by atoms with E-state index < -0.39 is 24.8 Å². The molecule has 1 aromatic heterocycles. The molecule has 0 spiro atoms. The standard InChI is InChI=1S/C28H23Cl3F3N5O3/c1-39-21-10-22(42-12-23(33)34)16(27(41)36-15-5-7-19(32)18(30)8-15)9-20(21)37-28(39)38-25-17(29)6-4-14(24(25)31)11-35-26(40)13-2-3-13/h4-10,13,23H,2-3,11-12H2,1H3,(H,35,40)(H,36,41)(H,37,38). The summed E-state index contributed by atoms with van der Waals surface area (Å²) in [5, 5.41) is 8.89. The number of aromatic nitrogens is 2. The molecule has 1 aliphatic carbocycles. The van der Waals surface area contributed by atoms with Gasteiger partial charge in [-0.1, -0.05) is 40.9 Å². The second-order valence-electron chi connectivity index (χ2n) is 9.63. The monoisotopic (exact) mass is 639 g/mol. The predicted octanol–water partition coefficient (Wildman–Crippen LogP) is 7.34. The summed E-state index contributed by atoms with van der Waals surface area (Å²) >= 11 is 18.9. The number of fused-ring (bicyclic) bond motifs is 1. The summed E-state index contributed by atoms with van der Waals surface area (Å²) < 4.78 is 46.5. The molecule has 3 aromatic carbocycles. The zero-order valence-electron chi connectivity index (χ0n) is 21.9. The summed E-state index contributed by atoms with van der Waals surface area (Å²) in [5.41, 5.74) is 1.86. The molecule has 1 saturated carbocycles. The lowest BCUT2D eigenvalue weighted by atomic mass is 10.1. The van der Waals surface area contributed by atoms with Crippen molar-refractivity contribution in [3.8, 4) is 5.75 Å². The number of anilines is 3. The van der Waals surface area contributed by atoms with Crippen molar-refractivity contribution in [2.45, 2.75) is 25.8 Å². The SMILES string of the molecule is Cn1c(Nc2c(Cl)ccc(CNC(=O)C3CC3)c2Cl)nc2cc(C(=O)Nc3ccc(F)c(Cl)c3)c(OCC(F)F)cc21. The van der Waals surface area contributed by atoms with Crippen molar-refractivity contribution in [2.24, 2.45) is 13.0 Å². The molecule has 14 heteroatoms. The number of carbonyl (C=O) groups excluding carboxylic acids is 2. The minimum atomic E-state index is -2.79. The average molecular weight is 641 g/mol. The lowest BCUT2D eigenvalue weighted by molar-refractivity contribution is -0.122. The lowest BCUT2D eigenvalue weighted by Gasteiger charge is -2.14. The van der Waals surface area contributed by atoms with E-state index >= 15 is 0 Å². The number of rotatable bonds is 10. The molecule has 4 aromatic rings. The molecule has 220 valence electrons. The first kappa shape index (κ1) is 29.8. The van der Waals surface area contributed by atoms with Gasteiger partial charge in [-0.05, 0) is 48.7 Å². The Morgan fingerprint density at radius 2 is 1.86 bits per heavy atom. The number of benzene rings is 3. The maximum Gasteiger partial charge on any atom is 0.272 e. The van der Waals surface area contributed by atoms with Crippen molar-refractivity contribution in [1.82, 2.24) is 14.9 Å². The molecule has 42 heavy (non-hydrogen) atoms. The third-order valence-electron chi connectivity index (χ3n) is 6.58. The normalized spacial score (nSPS) is 13.0. The van der Waals surface area contributed by atoms with Crippen molar-refractivity contribution >= 4 is 75.0 Å². The Morgan fingerprint density at radius 3 is 2.55 bits per heavy atom. The van der Waals surface area contributed by atoms with Gasteiger partial charge in [-0.3, -0.25) is 9.59 Å². The summed E-state index contributed by atoms with van der Waals surface area (Å²) in [7, 11) is 1.66. The van der Waals surface area contributed by atoms with Crippen LogP contribution in [-0.2, 0) is 18.4 Å². The summed E-state index contributed by atoms with van der Waals surface area (Å²) in [4.78, 5) is 29.8. The van der Waals surface area contributed by atoms with Crippen LogP contribution in [0.3, 0.4) is 0 Å². The van der Waals surface area contributed by atoms with Crippen LogP contribution in [0.1, 0.15) is 28.8 Å². The highest BCUT2D eigenvalue weighted by molar-refractivity contribution is 6.39. The topological polar surface area (TPSA) is 97.3 Å². The van der Waals surface area contributed by atoms with Gasteiger partial charge in [0.25, 0.3) is 12.3 Å². The fourth-order valence-electron chi connectivity index (χ4n) is 4.18. The van der Waals surface area contributed by atoms with Gasteiger partial charge in [-0.15, -0.1) is 0 Å². The van der Waals surface area contributed by atoms with Crippen LogP contribution < -0.4 is 20.7 Å². The van der Waals surface area contributed by atoms with Crippen LogP contribution in [0.25, 0.3) is 11.0 Å². The Kier molecular flexibility index (Phi) is 8.72. The summed E-state index contributed by atoms with van der Waals surface area (Å²) in [5.74, 6) is -1.21. The molecule has 0 bridgehead atoms. The maximum atomic E-state index is 13.6. The van der Waals surface area contributed by atoms with Gasteiger partial charge in [0.1, 0.15) is 18.2 Å². The fraction of sp³-hybridized carbons (Fsp3) is 0.250. The van der Waals surface area contributed by atoms with E-state index in [9.17, 15) is 22.8 Å². The van der Waals surface area contributed by atoms with Crippen LogP contribution in [0, 0.1) is 11.7 Å². The number of ether oxygens (including phenoxy) is 1. The van der Waals surface area contributed by atoms with Crippen LogP contribution >= 0.6 is 34.8 Å². The van der Waals surface area contributed by atoms with Gasteiger partial charge >= 0.3 is 0 Å². The third kappa shape index (κ3) is 6.53. The van der Waals surface area contributed by atoms with Gasteiger partial charge in [0, 0.05) is 31.3 Å². The smallest absolute Gasteiger partial charge is 0.272 e. The molecular weight excluding hydrogens is 618 g/mol. The van der Waals surface area contributed by atoms with Crippen LogP contribution in [0.5, 0.6) is 5.75 Å². The van der Waals surface area contributed by atoms with E-state index in [2.05, 4.69) is 20.9 Å². The van der Waals surface area contributed by atoms with E-state index in [0.717, 1.165) is 18.9 Å². The van der Waals surface area contributed by atoms with Gasteiger partial charge in [0.15, 0.2) is 0 Å². The quantitative estimate of drug-likeness (QED) is 0.169. The first-order valence-electron chi connectivity index (χ1n) is 12.7. The second kappa shape index (κ2) is 12.3. The van der Waals surface area contributed by atoms with E-state index in [1.54, 1.807) is 23.7 Å². The summed E-state index contributed by atoms with van der Waals surface area (Å²) in [6.45, 7) is -0.739. The molecule has 0 saturated heterocycles. The van der Waals surface area contributed by atoms with Crippen LogP contribution in [0.2, 0.25) is 15.1 Å². The number of aryl methyl sites for hydroxylation is 1. The van der Waals surface area contributed by atoms with E-state index in [4.69, 9.17) is 39.5 Å². The molecule has 5 rings (SSSR count). The maximum absolute atomic E-state index is 13.6. The van der Waals surface area contributed by atoms with Gasteiger partial charge in [0.05, 0.1) is 37.4 Å². The first-order chi connectivity index (χ1) is 20.0. The number of nitrogens with one attached hydrogen (secondary N) is 3. The number of nitrogens with zero attached hydrogens (tertiary/aromatic N) is 2. The fourth-order valence-corrected chi connectivity index (χ4v) is 4.90. The van der Waals surface area contributed by atoms with E-state index in [1.807, 2.05) is 0 Å². The van der Waals surface area contributed by atoms with Crippen LogP contribution in [0.4, 0.5) is 30.5 Å². The highest BCUT2D eigenvalue weighted by atomic mass is 35.5. The average Bonchev–Trinajstić information content (AvgIpc) is 3.76. The molecule has 3 N–H and O–H groups in total. The van der Waals surface area contributed by atoms with Gasteiger partial charge in [-0.2, -0.15) is 0 Å². The zero-order chi connectivity index (χ0) is 30.1. The molecule has 1 aliphatic rings. The molecule has 0 radical (unpaired) electrons. The Balaban J connectivity index is 1.46. The number of carbonyl (C=O) groups is 2. The Morgan fingerprint density at radius 1 is 1.10 bits per heavy atom. The highest BCUT2D eigenvalue weighted by Gasteiger charge is 2.29. The minimum Gasteiger partial charge on any atom is -0.487 e. The number of hydrogen-bond donors (Lipinski definition) is 3. The number of alkyl halides is 2. The van der Waals surface area contributed by atoms with E-state index in [0.29, 0.717) is 27.3 Å². The molecular formula is C28H23Cl3F3N5O3. The number of amides is 2. The summed E-state index contributed by atoms with van der Waals surface area (Å²) in [6, 6.07) is 9.75. The molecule has 0 aliphatic heterocycles. The van der Waals surface area contributed by atoms with Crippen molar-refractivity contribution in [3.63, 3.8) is 0 Å². The Labute approximate surface area is 253 Å². The highest BCUT2D eigenvalue weighted by Crippen LogP contribution is 2.37. The first-order valence-corrected chi connectivity index (χ1v) is 13.8. The largest absolute Gasteiger partial charge is 0.487 e. The van der Waals surface area contributed by atoms with Gasteiger partial charge < -0.3 is 25.3 Å². The van der Waals surface area contributed by atoms with Crippen molar-refractivity contribution in [2.75, 3.05) is 17.2 Å². The molecule has 2 amide bonds. The number of halogens is 6. The Hall–Kier alpha value is -3.67. The third-order valence-corrected chi connectivity index (χ3v) is 7.61. The predicted molar refractivity (Wildman–Crippen MR) is 156 cm³/mol. The van der Waals surface area contributed by atoms with Crippen molar-refractivity contribution in [1.29, 1.82) is 0 Å². The number of imidazole rings is 1. The number of hydrogen-bond acceptors (Lipinski definition) is 5. The summed E-state index contributed by atoms with van der Waals surface area (Å²) in [6.07, 6.45) is -1.04.